The van der Waals surface area contributed by atoms with Crippen molar-refractivity contribution in [3.8, 4) is 0 Å². The van der Waals surface area contributed by atoms with E-state index in [0.29, 0.717) is 5.92 Å². The molecule has 0 bridgehead atoms. The van der Waals surface area contributed by atoms with Gasteiger partial charge in [-0.25, -0.2) is 4.68 Å². The number of rotatable bonds is 6. The molecule has 0 aliphatic heterocycles. The van der Waals surface area contributed by atoms with E-state index in [9.17, 15) is 4.79 Å². The Morgan fingerprint density at radius 3 is 2.47 bits per heavy atom. The Bertz CT molecular complexity index is 463. The summed E-state index contributed by atoms with van der Waals surface area (Å²) in [5.74, 6) is 0.564. The van der Waals surface area contributed by atoms with Gasteiger partial charge in [0.1, 0.15) is 0 Å². The summed E-state index contributed by atoms with van der Waals surface area (Å²) >= 11 is 0. The summed E-state index contributed by atoms with van der Waals surface area (Å²) in [5.41, 5.74) is 1.84. The van der Waals surface area contributed by atoms with Crippen LogP contribution in [0, 0.1) is 12.8 Å². The van der Waals surface area contributed by atoms with E-state index in [2.05, 4.69) is 30.8 Å². The molecule has 0 spiro atoms. The van der Waals surface area contributed by atoms with Crippen LogP contribution in [0.2, 0.25) is 0 Å². The zero-order valence-corrected chi connectivity index (χ0v) is 13.1. The van der Waals surface area contributed by atoms with Gasteiger partial charge in [0.25, 0.3) is 5.56 Å². The summed E-state index contributed by atoms with van der Waals surface area (Å²) in [7, 11) is 4.09. The van der Waals surface area contributed by atoms with Crippen molar-refractivity contribution in [3.63, 3.8) is 0 Å². The molecule has 1 unspecified atom stereocenters. The third-order valence-corrected chi connectivity index (χ3v) is 3.21. The second-order valence-corrected chi connectivity index (χ2v) is 6.10. The van der Waals surface area contributed by atoms with Gasteiger partial charge in [0.15, 0.2) is 0 Å². The maximum absolute atomic E-state index is 12.2. The summed E-state index contributed by atoms with van der Waals surface area (Å²) in [6, 6.07) is 2.08. The Balaban J connectivity index is 2.99. The topological polar surface area (TPSA) is 38.1 Å². The number of nitrogens with zero attached hydrogens (tertiary/aromatic N) is 3. The Morgan fingerprint density at radius 2 is 1.95 bits per heavy atom. The van der Waals surface area contributed by atoms with Gasteiger partial charge < -0.3 is 4.90 Å². The van der Waals surface area contributed by atoms with E-state index in [0.717, 1.165) is 30.6 Å². The molecule has 0 radical (unpaired) electrons. The molecule has 1 atom stereocenters. The molecule has 0 aromatic carbocycles. The smallest absolute Gasteiger partial charge is 0.269 e. The fourth-order valence-electron chi connectivity index (χ4n) is 2.25. The monoisotopic (exact) mass is 265 g/mol. The first-order valence-corrected chi connectivity index (χ1v) is 7.05. The number of likely N-dealkylation sites (N-methyl/N-ethyl adjacent to an activating group) is 1. The van der Waals surface area contributed by atoms with Crippen LogP contribution in [0.4, 0.5) is 0 Å². The van der Waals surface area contributed by atoms with Crippen LogP contribution in [0.1, 0.15) is 44.5 Å². The summed E-state index contributed by atoms with van der Waals surface area (Å²) in [6.07, 6.45) is 1.85. The van der Waals surface area contributed by atoms with Crippen molar-refractivity contribution in [1.82, 2.24) is 14.7 Å². The standard InChI is InChI=1S/C15H27N3O/c1-11(2)9-13(4)18-15(19)12(3)10-14(16-18)7-8-17(5)6/h10-11,13H,7-9H2,1-6H3. The van der Waals surface area contributed by atoms with Crippen LogP contribution in [-0.4, -0.2) is 35.3 Å². The minimum absolute atomic E-state index is 0.0433. The summed E-state index contributed by atoms with van der Waals surface area (Å²) in [5, 5.41) is 4.54. The van der Waals surface area contributed by atoms with E-state index in [-0.39, 0.29) is 11.6 Å². The van der Waals surface area contributed by atoms with Gasteiger partial charge in [-0.2, -0.15) is 5.10 Å². The highest BCUT2D eigenvalue weighted by Crippen LogP contribution is 2.14. The van der Waals surface area contributed by atoms with Gasteiger partial charge >= 0.3 is 0 Å². The van der Waals surface area contributed by atoms with E-state index in [4.69, 9.17) is 0 Å². The average Bonchev–Trinajstić information content (AvgIpc) is 2.29. The zero-order valence-electron chi connectivity index (χ0n) is 13.1. The van der Waals surface area contributed by atoms with Gasteiger partial charge in [-0.3, -0.25) is 4.79 Å². The van der Waals surface area contributed by atoms with Crippen LogP contribution in [-0.2, 0) is 6.42 Å². The van der Waals surface area contributed by atoms with Crippen molar-refractivity contribution in [2.24, 2.45) is 5.92 Å². The first-order valence-electron chi connectivity index (χ1n) is 7.05. The molecule has 0 N–H and O–H groups in total. The van der Waals surface area contributed by atoms with E-state index < -0.39 is 0 Å². The first-order chi connectivity index (χ1) is 8.81. The minimum Gasteiger partial charge on any atom is -0.309 e. The predicted octanol–water partition coefficient (Wildman–Crippen LogP) is 2.26. The van der Waals surface area contributed by atoms with Gasteiger partial charge in [0.2, 0.25) is 0 Å². The van der Waals surface area contributed by atoms with Crippen molar-refractivity contribution >= 4 is 0 Å². The Kier molecular flexibility index (Phi) is 5.73. The lowest BCUT2D eigenvalue weighted by atomic mass is 10.1. The molecule has 1 rings (SSSR count). The molecular formula is C15H27N3O. The third-order valence-electron chi connectivity index (χ3n) is 3.21. The van der Waals surface area contributed by atoms with Crippen molar-refractivity contribution in [1.29, 1.82) is 0 Å². The SMILES string of the molecule is Cc1cc(CCN(C)C)nn(C(C)CC(C)C)c1=O. The molecule has 4 nitrogen and oxygen atoms in total. The third kappa shape index (κ3) is 4.78. The lowest BCUT2D eigenvalue weighted by molar-refractivity contribution is 0.372. The minimum atomic E-state index is 0.0433. The zero-order chi connectivity index (χ0) is 14.6. The van der Waals surface area contributed by atoms with E-state index in [1.807, 2.05) is 27.1 Å². The molecule has 0 aliphatic carbocycles. The normalized spacial score (nSPS) is 13.3. The molecule has 4 heteroatoms. The molecule has 108 valence electrons. The molecule has 1 aromatic heterocycles. The molecular weight excluding hydrogens is 238 g/mol. The summed E-state index contributed by atoms with van der Waals surface area (Å²) in [6.45, 7) is 9.24. The molecule has 0 saturated heterocycles. The summed E-state index contributed by atoms with van der Waals surface area (Å²) < 4.78 is 1.67. The Hall–Kier alpha value is -1.16. The van der Waals surface area contributed by atoms with Crippen molar-refractivity contribution < 1.29 is 0 Å². The van der Waals surface area contributed by atoms with E-state index in [1.54, 1.807) is 4.68 Å². The van der Waals surface area contributed by atoms with Gasteiger partial charge in [-0.05, 0) is 46.3 Å². The van der Waals surface area contributed by atoms with Crippen LogP contribution in [0.25, 0.3) is 0 Å². The number of aryl methyl sites for hydroxylation is 1. The number of hydrogen-bond acceptors (Lipinski definition) is 3. The van der Waals surface area contributed by atoms with Gasteiger partial charge in [-0.15, -0.1) is 0 Å². The highest BCUT2D eigenvalue weighted by atomic mass is 16.1. The van der Waals surface area contributed by atoms with Gasteiger partial charge in [-0.1, -0.05) is 13.8 Å². The second-order valence-electron chi connectivity index (χ2n) is 6.10. The summed E-state index contributed by atoms with van der Waals surface area (Å²) in [4.78, 5) is 14.3. The van der Waals surface area contributed by atoms with Crippen LogP contribution in [0.5, 0.6) is 0 Å². The largest absolute Gasteiger partial charge is 0.309 e. The van der Waals surface area contributed by atoms with E-state index >= 15 is 0 Å². The molecule has 1 heterocycles. The quantitative estimate of drug-likeness (QED) is 0.792. The molecule has 0 aliphatic rings. The van der Waals surface area contributed by atoms with Crippen molar-refractivity contribution in [2.45, 2.75) is 46.6 Å². The van der Waals surface area contributed by atoms with Crippen LogP contribution >= 0.6 is 0 Å². The van der Waals surface area contributed by atoms with E-state index in [1.165, 1.54) is 0 Å². The fourth-order valence-corrected chi connectivity index (χ4v) is 2.25. The maximum atomic E-state index is 12.2. The molecule has 0 fully saturated rings. The lowest BCUT2D eigenvalue weighted by Crippen LogP contribution is -2.30. The highest BCUT2D eigenvalue weighted by Gasteiger charge is 2.13. The highest BCUT2D eigenvalue weighted by molar-refractivity contribution is 5.12. The van der Waals surface area contributed by atoms with Crippen LogP contribution in [0.3, 0.4) is 0 Å². The maximum Gasteiger partial charge on any atom is 0.269 e. The first kappa shape index (κ1) is 15.9. The Morgan fingerprint density at radius 1 is 1.32 bits per heavy atom. The predicted molar refractivity (Wildman–Crippen MR) is 79.7 cm³/mol. The van der Waals surface area contributed by atoms with Gasteiger partial charge in [0.05, 0.1) is 11.7 Å². The van der Waals surface area contributed by atoms with Crippen LogP contribution < -0.4 is 5.56 Å². The second kappa shape index (κ2) is 6.85. The van der Waals surface area contributed by atoms with Crippen molar-refractivity contribution in [2.75, 3.05) is 20.6 Å². The number of aromatic nitrogens is 2. The molecule has 0 amide bonds. The van der Waals surface area contributed by atoms with Crippen LogP contribution in [0.15, 0.2) is 10.9 Å². The average molecular weight is 265 g/mol. The fraction of sp³-hybridized carbons (Fsp3) is 0.733. The molecule has 1 aromatic rings. The molecule has 19 heavy (non-hydrogen) atoms. The number of hydrogen-bond donors (Lipinski definition) is 0. The molecule has 0 saturated carbocycles. The lowest BCUT2D eigenvalue weighted by Gasteiger charge is -2.18. The van der Waals surface area contributed by atoms with Crippen molar-refractivity contribution in [3.05, 3.63) is 27.7 Å². The Labute approximate surface area is 116 Å². The van der Waals surface area contributed by atoms with Gasteiger partial charge in [0, 0.05) is 18.5 Å².